The van der Waals surface area contributed by atoms with Gasteiger partial charge < -0.3 is 10.2 Å². The van der Waals surface area contributed by atoms with Crippen LogP contribution < -0.4 is 5.73 Å². The van der Waals surface area contributed by atoms with E-state index in [-0.39, 0.29) is 0 Å². The van der Waals surface area contributed by atoms with Crippen molar-refractivity contribution >= 4 is 0 Å². The zero-order valence-corrected chi connectivity index (χ0v) is 14.1. The fraction of sp³-hybridized carbons (Fsp3) is 0.778. The molecule has 0 spiro atoms. The number of nitrogens with zero attached hydrogens (tertiary/aromatic N) is 1. The summed E-state index contributed by atoms with van der Waals surface area (Å²) in [4.78, 5) is 2.45. The molecule has 3 atom stereocenters. The Kier molecular flexibility index (Phi) is 5.50. The minimum atomic E-state index is 0.434. The molecule has 1 aliphatic carbocycles. The molecule has 1 aliphatic rings. The fourth-order valence-corrected chi connectivity index (χ4v) is 3.79. The first-order chi connectivity index (χ1) is 9.97. The van der Waals surface area contributed by atoms with E-state index in [1.165, 1.54) is 25.7 Å². The Morgan fingerprint density at radius 2 is 2.14 bits per heavy atom. The van der Waals surface area contributed by atoms with Gasteiger partial charge in [-0.3, -0.25) is 4.90 Å². The summed E-state index contributed by atoms with van der Waals surface area (Å²) in [5, 5.41) is 0. The molecular weight excluding hydrogens is 260 g/mol. The summed E-state index contributed by atoms with van der Waals surface area (Å²) in [5.74, 6) is 2.47. The van der Waals surface area contributed by atoms with Gasteiger partial charge in [0.2, 0.25) is 0 Å². The maximum absolute atomic E-state index is 6.04. The number of furan rings is 1. The summed E-state index contributed by atoms with van der Waals surface area (Å²) in [6.07, 6.45) is 6.86. The molecule has 120 valence electrons. The topological polar surface area (TPSA) is 42.4 Å². The Bertz CT molecular complexity index is 413. The van der Waals surface area contributed by atoms with Gasteiger partial charge in [0.15, 0.2) is 0 Å². The average molecular weight is 292 g/mol. The zero-order chi connectivity index (χ0) is 15.5. The van der Waals surface area contributed by atoms with E-state index in [0.29, 0.717) is 17.4 Å². The summed E-state index contributed by atoms with van der Waals surface area (Å²) in [5.41, 5.74) is 6.48. The molecule has 0 saturated heterocycles. The van der Waals surface area contributed by atoms with Gasteiger partial charge in [-0.2, -0.15) is 0 Å². The smallest absolute Gasteiger partial charge is 0.117 e. The third kappa shape index (κ3) is 3.89. The van der Waals surface area contributed by atoms with Gasteiger partial charge in [0.25, 0.3) is 0 Å². The van der Waals surface area contributed by atoms with Crippen LogP contribution in [0.4, 0.5) is 0 Å². The lowest BCUT2D eigenvalue weighted by atomic mass is 9.65. The van der Waals surface area contributed by atoms with Crippen LogP contribution in [0.5, 0.6) is 0 Å². The Labute approximate surface area is 129 Å². The Morgan fingerprint density at radius 1 is 1.38 bits per heavy atom. The van der Waals surface area contributed by atoms with Crippen LogP contribution in [0.1, 0.15) is 52.2 Å². The molecule has 0 radical (unpaired) electrons. The first-order valence-corrected chi connectivity index (χ1v) is 8.40. The number of hydrogen-bond acceptors (Lipinski definition) is 3. The van der Waals surface area contributed by atoms with Crippen LogP contribution >= 0.6 is 0 Å². The SMILES string of the molecule is CCC(C)(C)C1CCC(CN)C(N(C)Cc2ccco2)C1. The number of nitrogens with two attached hydrogens (primary N) is 1. The second-order valence-electron chi connectivity index (χ2n) is 7.41. The Hall–Kier alpha value is -0.800. The number of rotatable bonds is 6. The number of hydrogen-bond donors (Lipinski definition) is 1. The van der Waals surface area contributed by atoms with Crippen molar-refractivity contribution < 1.29 is 4.42 Å². The zero-order valence-electron chi connectivity index (χ0n) is 14.1. The molecular formula is C18H32N2O. The highest BCUT2D eigenvalue weighted by atomic mass is 16.3. The second-order valence-corrected chi connectivity index (χ2v) is 7.41. The van der Waals surface area contributed by atoms with Crippen LogP contribution in [0.2, 0.25) is 0 Å². The fourth-order valence-electron chi connectivity index (χ4n) is 3.79. The van der Waals surface area contributed by atoms with Crippen LogP contribution in [0.25, 0.3) is 0 Å². The van der Waals surface area contributed by atoms with Gasteiger partial charge in [0.1, 0.15) is 5.76 Å². The van der Waals surface area contributed by atoms with E-state index in [2.05, 4.69) is 38.8 Å². The molecule has 21 heavy (non-hydrogen) atoms. The van der Waals surface area contributed by atoms with Gasteiger partial charge in [0.05, 0.1) is 12.8 Å². The molecule has 0 bridgehead atoms. The van der Waals surface area contributed by atoms with Gasteiger partial charge in [-0.25, -0.2) is 0 Å². The lowest BCUT2D eigenvalue weighted by molar-refractivity contribution is 0.0440. The summed E-state index contributed by atoms with van der Waals surface area (Å²) in [6, 6.07) is 4.60. The van der Waals surface area contributed by atoms with Crippen molar-refractivity contribution in [3.63, 3.8) is 0 Å². The molecule has 2 rings (SSSR count). The van der Waals surface area contributed by atoms with Crippen LogP contribution in [0.3, 0.4) is 0 Å². The highest BCUT2D eigenvalue weighted by Gasteiger charge is 2.38. The molecule has 3 heteroatoms. The maximum Gasteiger partial charge on any atom is 0.117 e. The molecule has 0 aliphatic heterocycles. The lowest BCUT2D eigenvalue weighted by Gasteiger charge is -2.45. The molecule has 0 amide bonds. The van der Waals surface area contributed by atoms with Crippen molar-refractivity contribution in [2.45, 2.75) is 59.0 Å². The molecule has 2 N–H and O–H groups in total. The van der Waals surface area contributed by atoms with Crippen molar-refractivity contribution in [2.75, 3.05) is 13.6 Å². The first kappa shape index (κ1) is 16.6. The third-order valence-electron chi connectivity index (χ3n) is 5.83. The minimum Gasteiger partial charge on any atom is -0.468 e. The third-order valence-corrected chi connectivity index (χ3v) is 5.83. The van der Waals surface area contributed by atoms with Gasteiger partial charge in [-0.05, 0) is 62.2 Å². The van der Waals surface area contributed by atoms with Crippen LogP contribution in [0, 0.1) is 17.3 Å². The van der Waals surface area contributed by atoms with Gasteiger partial charge in [0, 0.05) is 6.04 Å². The van der Waals surface area contributed by atoms with Crippen LogP contribution in [-0.4, -0.2) is 24.5 Å². The largest absolute Gasteiger partial charge is 0.468 e. The van der Waals surface area contributed by atoms with Gasteiger partial charge in [-0.1, -0.05) is 27.2 Å². The van der Waals surface area contributed by atoms with Crippen molar-refractivity contribution in [1.82, 2.24) is 4.90 Å². The van der Waals surface area contributed by atoms with E-state index in [1.54, 1.807) is 6.26 Å². The summed E-state index contributed by atoms with van der Waals surface area (Å²) >= 11 is 0. The highest BCUT2D eigenvalue weighted by molar-refractivity contribution is 4.99. The van der Waals surface area contributed by atoms with E-state index < -0.39 is 0 Å². The molecule has 3 unspecified atom stereocenters. The van der Waals surface area contributed by atoms with E-state index in [1.807, 2.05) is 6.07 Å². The monoisotopic (exact) mass is 292 g/mol. The molecule has 3 nitrogen and oxygen atoms in total. The minimum absolute atomic E-state index is 0.434. The lowest BCUT2D eigenvalue weighted by Crippen LogP contribution is -2.47. The highest BCUT2D eigenvalue weighted by Crippen LogP contribution is 2.43. The summed E-state index contributed by atoms with van der Waals surface area (Å²) < 4.78 is 5.51. The first-order valence-electron chi connectivity index (χ1n) is 8.40. The molecule has 1 heterocycles. The molecule has 1 saturated carbocycles. The molecule has 1 fully saturated rings. The predicted octanol–water partition coefficient (Wildman–Crippen LogP) is 3.89. The van der Waals surface area contributed by atoms with Crippen molar-refractivity contribution in [2.24, 2.45) is 23.0 Å². The van der Waals surface area contributed by atoms with Crippen molar-refractivity contribution in [3.05, 3.63) is 24.2 Å². The molecule has 1 aromatic heterocycles. The average Bonchev–Trinajstić information content (AvgIpc) is 2.99. The molecule has 0 aromatic carbocycles. The van der Waals surface area contributed by atoms with Gasteiger partial charge in [-0.15, -0.1) is 0 Å². The van der Waals surface area contributed by atoms with Crippen LogP contribution in [-0.2, 0) is 6.54 Å². The van der Waals surface area contributed by atoms with E-state index in [0.717, 1.165) is 24.8 Å². The molecule has 1 aromatic rings. The van der Waals surface area contributed by atoms with E-state index >= 15 is 0 Å². The standard InChI is InChI=1S/C18H32N2O/c1-5-18(2,3)15-9-8-14(12-19)17(11-15)20(4)13-16-7-6-10-21-16/h6-7,10,14-15,17H,5,8-9,11-13,19H2,1-4H3. The second kappa shape index (κ2) is 6.97. The van der Waals surface area contributed by atoms with Crippen LogP contribution in [0.15, 0.2) is 22.8 Å². The van der Waals surface area contributed by atoms with E-state index in [9.17, 15) is 0 Å². The van der Waals surface area contributed by atoms with E-state index in [4.69, 9.17) is 10.2 Å². The Balaban J connectivity index is 2.05. The summed E-state index contributed by atoms with van der Waals surface area (Å²) in [7, 11) is 2.22. The summed E-state index contributed by atoms with van der Waals surface area (Å²) in [6.45, 7) is 8.84. The Morgan fingerprint density at radius 3 is 2.71 bits per heavy atom. The van der Waals surface area contributed by atoms with Gasteiger partial charge >= 0.3 is 0 Å². The van der Waals surface area contributed by atoms with Crippen molar-refractivity contribution in [3.8, 4) is 0 Å². The quantitative estimate of drug-likeness (QED) is 0.865. The normalized spacial score (nSPS) is 27.2. The van der Waals surface area contributed by atoms with Crippen molar-refractivity contribution in [1.29, 1.82) is 0 Å². The maximum atomic E-state index is 6.04. The predicted molar refractivity (Wildman–Crippen MR) is 87.9 cm³/mol.